The zero-order valence-electron chi connectivity index (χ0n) is 12.5. The van der Waals surface area contributed by atoms with E-state index < -0.39 is 10.0 Å². The van der Waals surface area contributed by atoms with Crippen LogP contribution < -0.4 is 10.6 Å². The van der Waals surface area contributed by atoms with Crippen molar-refractivity contribution in [3.05, 3.63) is 30.3 Å². The molecule has 1 aromatic rings. The van der Waals surface area contributed by atoms with Gasteiger partial charge in [0.2, 0.25) is 15.9 Å². The molecule has 0 bridgehead atoms. The molecular weight excluding hydrogens is 326 g/mol. The third-order valence-corrected chi connectivity index (χ3v) is 5.30. The minimum absolute atomic E-state index is 0. The third kappa shape index (κ3) is 4.95. The number of amides is 1. The molecule has 1 amide bonds. The molecule has 0 saturated carbocycles. The maximum Gasteiger partial charge on any atom is 0.243 e. The van der Waals surface area contributed by atoms with E-state index in [4.69, 9.17) is 0 Å². The quantitative estimate of drug-likeness (QED) is 0.817. The molecule has 0 unspecified atom stereocenters. The molecule has 1 fully saturated rings. The summed E-state index contributed by atoms with van der Waals surface area (Å²) in [6.45, 7) is 1.53. The van der Waals surface area contributed by atoms with Crippen molar-refractivity contribution >= 4 is 28.3 Å². The van der Waals surface area contributed by atoms with Gasteiger partial charge in [-0.25, -0.2) is 8.42 Å². The Morgan fingerprint density at radius 1 is 1.36 bits per heavy atom. The molecule has 1 atom stereocenters. The van der Waals surface area contributed by atoms with Crippen LogP contribution in [0.3, 0.4) is 0 Å². The number of halogens is 1. The van der Waals surface area contributed by atoms with Crippen LogP contribution in [0.5, 0.6) is 0 Å². The summed E-state index contributed by atoms with van der Waals surface area (Å²) in [5, 5.41) is 6.07. The van der Waals surface area contributed by atoms with Crippen LogP contribution in [-0.4, -0.2) is 51.4 Å². The predicted molar refractivity (Wildman–Crippen MR) is 87.5 cm³/mol. The van der Waals surface area contributed by atoms with Crippen molar-refractivity contribution in [1.29, 1.82) is 0 Å². The normalized spacial score (nSPS) is 18.5. The van der Waals surface area contributed by atoms with Gasteiger partial charge in [0.1, 0.15) is 0 Å². The van der Waals surface area contributed by atoms with Crippen LogP contribution in [0, 0.1) is 0 Å². The summed E-state index contributed by atoms with van der Waals surface area (Å²) in [7, 11) is -2.20. The molecule has 1 aliphatic rings. The Balaban J connectivity index is 0.00000242. The number of sulfonamides is 1. The van der Waals surface area contributed by atoms with Crippen molar-refractivity contribution < 1.29 is 13.2 Å². The van der Waals surface area contributed by atoms with E-state index in [1.165, 1.54) is 19.2 Å². The van der Waals surface area contributed by atoms with E-state index in [2.05, 4.69) is 10.6 Å². The number of carbonyl (C=O) groups is 1. The summed E-state index contributed by atoms with van der Waals surface area (Å²) in [5.74, 6) is -0.272. The SMILES string of the molecule is CN(CC(=O)N[C@H]1CCCNC1)S(=O)(=O)c1ccccc1.Cl. The summed E-state index contributed by atoms with van der Waals surface area (Å²) < 4.78 is 25.7. The Kier molecular flexibility index (Phi) is 7.28. The minimum Gasteiger partial charge on any atom is -0.351 e. The number of nitrogens with one attached hydrogen (secondary N) is 2. The standard InChI is InChI=1S/C14H21N3O3S.ClH/c1-17(21(19,20)13-7-3-2-4-8-13)11-14(18)16-12-6-5-9-15-10-12;/h2-4,7-8,12,15H,5-6,9-11H2,1H3,(H,16,18);1H/t12-;/m0./s1. The Morgan fingerprint density at radius 2 is 2.05 bits per heavy atom. The summed E-state index contributed by atoms with van der Waals surface area (Å²) >= 11 is 0. The van der Waals surface area contributed by atoms with Crippen LogP contribution in [0.4, 0.5) is 0 Å². The van der Waals surface area contributed by atoms with Crippen molar-refractivity contribution in [3.63, 3.8) is 0 Å². The predicted octanol–water partition coefficient (Wildman–Crippen LogP) is 0.597. The molecule has 1 aromatic carbocycles. The van der Waals surface area contributed by atoms with Crippen molar-refractivity contribution in [1.82, 2.24) is 14.9 Å². The van der Waals surface area contributed by atoms with Gasteiger partial charge in [-0.15, -0.1) is 12.4 Å². The van der Waals surface area contributed by atoms with Crippen LogP contribution >= 0.6 is 12.4 Å². The Hall–Kier alpha value is -1.15. The van der Waals surface area contributed by atoms with E-state index in [1.807, 2.05) is 0 Å². The molecule has 2 rings (SSSR count). The number of hydrogen-bond acceptors (Lipinski definition) is 4. The summed E-state index contributed by atoms with van der Waals surface area (Å²) in [6, 6.07) is 8.20. The van der Waals surface area contributed by atoms with Crippen molar-refractivity contribution in [2.75, 3.05) is 26.7 Å². The molecule has 2 N–H and O–H groups in total. The molecular formula is C14H22ClN3O3S. The number of nitrogens with zero attached hydrogens (tertiary/aromatic N) is 1. The van der Waals surface area contributed by atoms with Gasteiger partial charge < -0.3 is 10.6 Å². The fourth-order valence-corrected chi connectivity index (χ4v) is 3.46. The van der Waals surface area contributed by atoms with Crippen molar-refractivity contribution in [3.8, 4) is 0 Å². The van der Waals surface area contributed by atoms with E-state index in [0.717, 1.165) is 30.2 Å². The molecule has 8 heteroatoms. The monoisotopic (exact) mass is 347 g/mol. The number of rotatable bonds is 5. The van der Waals surface area contributed by atoms with Crippen LogP contribution in [0.15, 0.2) is 35.2 Å². The van der Waals surface area contributed by atoms with Gasteiger partial charge in [-0.1, -0.05) is 18.2 Å². The molecule has 124 valence electrons. The summed E-state index contributed by atoms with van der Waals surface area (Å²) in [5.41, 5.74) is 0. The Labute approximate surface area is 137 Å². The maximum atomic E-state index is 12.3. The van der Waals surface area contributed by atoms with E-state index in [-0.39, 0.29) is 35.8 Å². The highest BCUT2D eigenvalue weighted by Gasteiger charge is 2.24. The van der Waals surface area contributed by atoms with Gasteiger partial charge in [-0.2, -0.15) is 4.31 Å². The molecule has 0 spiro atoms. The molecule has 22 heavy (non-hydrogen) atoms. The fraction of sp³-hybridized carbons (Fsp3) is 0.500. The zero-order valence-corrected chi connectivity index (χ0v) is 14.1. The van der Waals surface area contributed by atoms with Gasteiger partial charge in [-0.3, -0.25) is 4.79 Å². The zero-order chi connectivity index (χ0) is 15.3. The maximum absolute atomic E-state index is 12.3. The van der Waals surface area contributed by atoms with Crippen LogP contribution in [0.25, 0.3) is 0 Å². The lowest BCUT2D eigenvalue weighted by atomic mass is 10.1. The largest absolute Gasteiger partial charge is 0.351 e. The number of likely N-dealkylation sites (N-methyl/N-ethyl adjacent to an activating group) is 1. The molecule has 6 nitrogen and oxygen atoms in total. The van der Waals surface area contributed by atoms with E-state index in [9.17, 15) is 13.2 Å². The van der Waals surface area contributed by atoms with Crippen LogP contribution in [0.1, 0.15) is 12.8 Å². The molecule has 0 radical (unpaired) electrons. The first-order valence-electron chi connectivity index (χ1n) is 7.01. The fourth-order valence-electron chi connectivity index (χ4n) is 2.31. The van der Waals surface area contributed by atoms with E-state index in [1.54, 1.807) is 18.2 Å². The number of piperidine rings is 1. The second-order valence-corrected chi connectivity index (χ2v) is 7.23. The van der Waals surface area contributed by atoms with Gasteiger partial charge in [0.15, 0.2) is 0 Å². The number of benzene rings is 1. The number of hydrogen-bond donors (Lipinski definition) is 2. The van der Waals surface area contributed by atoms with E-state index >= 15 is 0 Å². The van der Waals surface area contributed by atoms with E-state index in [0.29, 0.717) is 0 Å². The van der Waals surface area contributed by atoms with Gasteiger partial charge in [-0.05, 0) is 31.5 Å². The van der Waals surface area contributed by atoms with Crippen molar-refractivity contribution in [2.24, 2.45) is 0 Å². The van der Waals surface area contributed by atoms with Gasteiger partial charge in [0, 0.05) is 19.6 Å². The highest BCUT2D eigenvalue weighted by atomic mass is 35.5. The molecule has 1 heterocycles. The first-order valence-corrected chi connectivity index (χ1v) is 8.45. The van der Waals surface area contributed by atoms with Gasteiger partial charge >= 0.3 is 0 Å². The second kappa shape index (κ2) is 8.47. The second-order valence-electron chi connectivity index (χ2n) is 5.18. The summed E-state index contributed by atoms with van der Waals surface area (Å²) in [6.07, 6.45) is 1.94. The molecule has 0 aliphatic carbocycles. The Bertz CT molecular complexity index is 574. The highest BCUT2D eigenvalue weighted by molar-refractivity contribution is 7.89. The molecule has 0 aromatic heterocycles. The lowest BCUT2D eigenvalue weighted by molar-refractivity contribution is -0.121. The molecule has 1 aliphatic heterocycles. The topological polar surface area (TPSA) is 78.5 Å². The summed E-state index contributed by atoms with van der Waals surface area (Å²) in [4.78, 5) is 12.1. The average Bonchev–Trinajstić information content (AvgIpc) is 2.49. The third-order valence-electron chi connectivity index (χ3n) is 3.48. The van der Waals surface area contributed by atoms with Crippen LogP contribution in [0.2, 0.25) is 0 Å². The van der Waals surface area contributed by atoms with Gasteiger partial charge in [0.05, 0.1) is 11.4 Å². The lowest BCUT2D eigenvalue weighted by Gasteiger charge is -2.25. The minimum atomic E-state index is -3.62. The lowest BCUT2D eigenvalue weighted by Crippen LogP contribution is -2.48. The van der Waals surface area contributed by atoms with Crippen molar-refractivity contribution in [2.45, 2.75) is 23.8 Å². The molecule has 1 saturated heterocycles. The smallest absolute Gasteiger partial charge is 0.243 e. The van der Waals surface area contributed by atoms with Crippen LogP contribution in [-0.2, 0) is 14.8 Å². The van der Waals surface area contributed by atoms with Gasteiger partial charge in [0.25, 0.3) is 0 Å². The average molecular weight is 348 g/mol. The first-order chi connectivity index (χ1) is 10.00. The Morgan fingerprint density at radius 3 is 2.64 bits per heavy atom. The number of carbonyl (C=O) groups excluding carboxylic acids is 1. The first kappa shape index (κ1) is 18.9. The highest BCUT2D eigenvalue weighted by Crippen LogP contribution is 2.13.